The lowest BCUT2D eigenvalue weighted by atomic mass is 9.93. The highest BCUT2D eigenvalue weighted by molar-refractivity contribution is 5.73. The Balaban J connectivity index is 1.24. The second-order valence-electron chi connectivity index (χ2n) is 12.9. The van der Waals surface area contributed by atoms with Crippen LogP contribution in [0, 0.1) is 5.92 Å². The zero-order chi connectivity index (χ0) is 34.2. The van der Waals surface area contributed by atoms with Gasteiger partial charge in [0.25, 0.3) is 0 Å². The number of para-hydroxylation sites is 1. The van der Waals surface area contributed by atoms with Gasteiger partial charge in [0.1, 0.15) is 11.4 Å². The molecule has 7 heteroatoms. The summed E-state index contributed by atoms with van der Waals surface area (Å²) in [6.07, 6.45) is 5.85. The predicted molar refractivity (Wildman–Crippen MR) is 190 cm³/mol. The molecule has 1 heterocycles. The van der Waals surface area contributed by atoms with E-state index in [9.17, 15) is 9.59 Å². The fourth-order valence-electron chi connectivity index (χ4n) is 5.50. The molecule has 3 aromatic carbocycles. The molecule has 0 amide bonds. The molecule has 0 aliphatic heterocycles. The van der Waals surface area contributed by atoms with Gasteiger partial charge in [-0.2, -0.15) is 0 Å². The van der Waals surface area contributed by atoms with Gasteiger partial charge in [0.05, 0.1) is 31.9 Å². The number of rotatable bonds is 18. The monoisotopic (exact) mass is 651 g/mol. The number of unbranched alkanes of at least 4 members (excludes halogenated alkanes) is 3. The van der Waals surface area contributed by atoms with Crippen molar-refractivity contribution in [3.63, 3.8) is 0 Å². The van der Waals surface area contributed by atoms with Gasteiger partial charge in [0, 0.05) is 18.1 Å². The van der Waals surface area contributed by atoms with Crippen LogP contribution in [-0.4, -0.2) is 42.8 Å². The normalized spacial score (nSPS) is 11.8. The minimum atomic E-state index is -0.499. The third kappa shape index (κ3) is 12.2. The van der Waals surface area contributed by atoms with Gasteiger partial charge in [-0.3, -0.25) is 9.59 Å². The SMILES string of the molecule is COC(=O)C(CCCCCCOc1cc(-c2ccccc2)cc(-c2ccccc2)n1)Cc1ccccc1OCCCC(=O)OC(C)(C)C. The topological polar surface area (TPSA) is 84.0 Å². The number of carbonyl (C=O) groups is 2. The highest BCUT2D eigenvalue weighted by Crippen LogP contribution is 2.29. The quantitative estimate of drug-likeness (QED) is 0.0783. The van der Waals surface area contributed by atoms with E-state index in [0.29, 0.717) is 38.4 Å². The maximum absolute atomic E-state index is 12.7. The predicted octanol–water partition coefficient (Wildman–Crippen LogP) is 9.28. The Morgan fingerprint density at radius 3 is 2.06 bits per heavy atom. The van der Waals surface area contributed by atoms with Gasteiger partial charge < -0.3 is 18.9 Å². The average molecular weight is 652 g/mol. The Bertz CT molecular complexity index is 1510. The lowest BCUT2D eigenvalue weighted by Crippen LogP contribution is -2.24. The molecule has 254 valence electrons. The zero-order valence-electron chi connectivity index (χ0n) is 28.8. The number of nitrogens with zero attached hydrogens (tertiary/aromatic N) is 1. The Morgan fingerprint density at radius 1 is 0.708 bits per heavy atom. The number of ether oxygens (including phenoxy) is 4. The molecule has 0 fully saturated rings. The lowest BCUT2D eigenvalue weighted by Gasteiger charge is -2.19. The third-order valence-corrected chi connectivity index (χ3v) is 7.85. The van der Waals surface area contributed by atoms with Crippen molar-refractivity contribution in [1.82, 2.24) is 4.98 Å². The molecule has 7 nitrogen and oxygen atoms in total. The van der Waals surface area contributed by atoms with Crippen molar-refractivity contribution in [2.24, 2.45) is 5.92 Å². The van der Waals surface area contributed by atoms with Crippen LogP contribution in [0.2, 0.25) is 0 Å². The van der Waals surface area contributed by atoms with E-state index >= 15 is 0 Å². The first-order chi connectivity index (χ1) is 23.2. The highest BCUT2D eigenvalue weighted by Gasteiger charge is 2.21. The number of hydrogen-bond donors (Lipinski definition) is 0. The highest BCUT2D eigenvalue weighted by atomic mass is 16.6. The van der Waals surface area contributed by atoms with E-state index in [2.05, 4.69) is 30.3 Å². The molecule has 1 unspecified atom stereocenters. The van der Waals surface area contributed by atoms with Crippen molar-refractivity contribution in [2.45, 2.75) is 77.7 Å². The minimum absolute atomic E-state index is 0.211. The van der Waals surface area contributed by atoms with Crippen molar-refractivity contribution < 1.29 is 28.5 Å². The van der Waals surface area contributed by atoms with Gasteiger partial charge in [-0.05, 0) is 75.3 Å². The number of esters is 2. The molecule has 1 atom stereocenters. The van der Waals surface area contributed by atoms with Crippen LogP contribution in [-0.2, 0) is 25.5 Å². The van der Waals surface area contributed by atoms with Crippen LogP contribution in [0.4, 0.5) is 0 Å². The molecule has 1 aromatic heterocycles. The molecule has 0 saturated carbocycles. The molecule has 0 aliphatic carbocycles. The molecular formula is C41H49NO6. The Labute approximate surface area is 285 Å². The van der Waals surface area contributed by atoms with Crippen LogP contribution < -0.4 is 9.47 Å². The third-order valence-electron chi connectivity index (χ3n) is 7.85. The first kappa shape index (κ1) is 36.2. The summed E-state index contributed by atoms with van der Waals surface area (Å²) in [7, 11) is 1.44. The van der Waals surface area contributed by atoms with E-state index in [1.165, 1.54) is 7.11 Å². The van der Waals surface area contributed by atoms with E-state index in [1.54, 1.807) is 0 Å². The van der Waals surface area contributed by atoms with E-state index in [0.717, 1.165) is 65.8 Å². The summed E-state index contributed by atoms with van der Waals surface area (Å²) in [5.74, 6) is 0.637. The lowest BCUT2D eigenvalue weighted by molar-refractivity contribution is -0.155. The zero-order valence-corrected chi connectivity index (χ0v) is 28.8. The van der Waals surface area contributed by atoms with E-state index in [4.69, 9.17) is 23.9 Å². The van der Waals surface area contributed by atoms with E-state index in [1.807, 2.05) is 87.5 Å². The maximum atomic E-state index is 12.7. The summed E-state index contributed by atoms with van der Waals surface area (Å²) < 4.78 is 22.7. The van der Waals surface area contributed by atoms with Crippen molar-refractivity contribution in [1.29, 1.82) is 0 Å². The number of carbonyl (C=O) groups excluding carboxylic acids is 2. The van der Waals surface area contributed by atoms with Crippen molar-refractivity contribution in [3.8, 4) is 34.0 Å². The molecule has 4 rings (SSSR count). The number of methoxy groups -OCH3 is 1. The van der Waals surface area contributed by atoms with Crippen molar-refractivity contribution in [2.75, 3.05) is 20.3 Å². The van der Waals surface area contributed by atoms with Crippen LogP contribution in [0.1, 0.15) is 71.3 Å². The molecule has 0 N–H and O–H groups in total. The molecule has 0 spiro atoms. The molecule has 0 bridgehead atoms. The Kier molecular flexibility index (Phi) is 14.0. The molecule has 0 radical (unpaired) electrons. The number of aromatic nitrogens is 1. The van der Waals surface area contributed by atoms with Crippen molar-refractivity contribution >= 4 is 11.9 Å². The minimum Gasteiger partial charge on any atom is -0.493 e. The second kappa shape index (κ2) is 18.6. The van der Waals surface area contributed by atoms with E-state index < -0.39 is 5.60 Å². The van der Waals surface area contributed by atoms with Crippen LogP contribution in [0.3, 0.4) is 0 Å². The number of benzene rings is 3. The molecule has 0 aliphatic rings. The first-order valence-electron chi connectivity index (χ1n) is 17.0. The van der Waals surface area contributed by atoms with Crippen LogP contribution in [0.5, 0.6) is 11.6 Å². The number of pyridine rings is 1. The Hall–Kier alpha value is -4.65. The van der Waals surface area contributed by atoms with Crippen molar-refractivity contribution in [3.05, 3.63) is 103 Å². The van der Waals surface area contributed by atoms with Gasteiger partial charge in [0.15, 0.2) is 0 Å². The summed E-state index contributed by atoms with van der Waals surface area (Å²) in [5, 5.41) is 0. The molecule has 4 aromatic rings. The Morgan fingerprint density at radius 2 is 1.35 bits per heavy atom. The summed E-state index contributed by atoms with van der Waals surface area (Å²) in [4.78, 5) is 29.5. The second-order valence-corrected chi connectivity index (χ2v) is 12.9. The molecule has 48 heavy (non-hydrogen) atoms. The smallest absolute Gasteiger partial charge is 0.308 e. The largest absolute Gasteiger partial charge is 0.493 e. The van der Waals surface area contributed by atoms with Gasteiger partial charge in [-0.1, -0.05) is 98.1 Å². The summed E-state index contributed by atoms with van der Waals surface area (Å²) in [5.41, 5.74) is 4.58. The summed E-state index contributed by atoms with van der Waals surface area (Å²) in [6, 6.07) is 32.3. The summed E-state index contributed by atoms with van der Waals surface area (Å²) in [6.45, 7) is 6.53. The molecular weight excluding hydrogens is 602 g/mol. The van der Waals surface area contributed by atoms with Gasteiger partial charge >= 0.3 is 11.9 Å². The first-order valence-corrected chi connectivity index (χ1v) is 17.0. The number of hydrogen-bond acceptors (Lipinski definition) is 7. The standard InChI is InChI=1S/C41H49NO6/c1-41(2,3)48-39(43)25-17-27-46-37-24-15-14-22-33(37)28-34(40(44)45-4)23-9-5-6-16-26-47-38-30-35(31-18-10-7-11-19-31)29-36(42-38)32-20-12-8-13-21-32/h7-8,10-15,18-22,24,29-30,34H,5-6,9,16-17,23,25-28H2,1-4H3. The fourth-order valence-corrected chi connectivity index (χ4v) is 5.50. The molecule has 0 saturated heterocycles. The van der Waals surface area contributed by atoms with Crippen LogP contribution >= 0.6 is 0 Å². The van der Waals surface area contributed by atoms with Gasteiger partial charge in [-0.15, -0.1) is 0 Å². The van der Waals surface area contributed by atoms with Gasteiger partial charge in [-0.25, -0.2) is 4.98 Å². The van der Waals surface area contributed by atoms with Crippen LogP contribution in [0.25, 0.3) is 22.4 Å². The van der Waals surface area contributed by atoms with Crippen LogP contribution in [0.15, 0.2) is 97.1 Å². The van der Waals surface area contributed by atoms with Gasteiger partial charge in [0.2, 0.25) is 5.88 Å². The average Bonchev–Trinajstić information content (AvgIpc) is 3.09. The van der Waals surface area contributed by atoms with E-state index in [-0.39, 0.29) is 17.9 Å². The fraction of sp³-hybridized carbons (Fsp3) is 0.390. The summed E-state index contributed by atoms with van der Waals surface area (Å²) >= 11 is 0. The maximum Gasteiger partial charge on any atom is 0.308 e.